The van der Waals surface area contributed by atoms with Crippen LogP contribution < -0.4 is 0 Å². The molecule has 3 nitrogen and oxygen atoms in total. The second-order valence-corrected chi connectivity index (χ2v) is 3.97. The van der Waals surface area contributed by atoms with Gasteiger partial charge in [0.25, 0.3) is 0 Å². The third-order valence-corrected chi connectivity index (χ3v) is 2.55. The Morgan fingerprint density at radius 3 is 2.53 bits per heavy atom. The minimum atomic E-state index is 0.546. The molecule has 86 valence electrons. The molecule has 3 heteroatoms. The highest BCUT2D eigenvalue weighted by atomic mass is 16.1. The van der Waals surface area contributed by atoms with E-state index in [9.17, 15) is 4.79 Å². The summed E-state index contributed by atoms with van der Waals surface area (Å²) in [5, 5.41) is 0. The zero-order chi connectivity index (χ0) is 12.1. The third-order valence-electron chi connectivity index (χ3n) is 2.55. The molecule has 0 amide bonds. The Morgan fingerprint density at radius 1 is 1.12 bits per heavy atom. The molecule has 0 saturated carbocycles. The standard InChI is InChI=1S/C14H14N2O/c1-11-4-6-15-13(9-11)14-10-12(3-2-8-17)5-7-16-14/h4-10H,2-3H2,1H3. The maximum atomic E-state index is 10.3. The Morgan fingerprint density at radius 2 is 1.82 bits per heavy atom. The van der Waals surface area contributed by atoms with Crippen LogP contribution in [-0.2, 0) is 11.2 Å². The summed E-state index contributed by atoms with van der Waals surface area (Å²) < 4.78 is 0. The Hall–Kier alpha value is -2.03. The van der Waals surface area contributed by atoms with E-state index in [1.807, 2.05) is 31.2 Å². The van der Waals surface area contributed by atoms with Crippen molar-refractivity contribution in [3.63, 3.8) is 0 Å². The van der Waals surface area contributed by atoms with E-state index in [0.717, 1.165) is 35.2 Å². The van der Waals surface area contributed by atoms with Crippen molar-refractivity contribution < 1.29 is 4.79 Å². The van der Waals surface area contributed by atoms with Crippen LogP contribution in [0.15, 0.2) is 36.7 Å². The fourth-order valence-electron chi connectivity index (χ4n) is 1.67. The summed E-state index contributed by atoms with van der Waals surface area (Å²) in [6.07, 6.45) is 5.78. The topological polar surface area (TPSA) is 42.9 Å². The third kappa shape index (κ3) is 2.97. The lowest BCUT2D eigenvalue weighted by atomic mass is 10.1. The molecule has 0 aromatic carbocycles. The van der Waals surface area contributed by atoms with Crippen LogP contribution in [0.2, 0.25) is 0 Å². The molecule has 0 bridgehead atoms. The van der Waals surface area contributed by atoms with Crippen LogP contribution >= 0.6 is 0 Å². The average Bonchev–Trinajstić information content (AvgIpc) is 2.37. The van der Waals surface area contributed by atoms with E-state index in [-0.39, 0.29) is 0 Å². The summed E-state index contributed by atoms with van der Waals surface area (Å²) >= 11 is 0. The minimum absolute atomic E-state index is 0.546. The number of hydrogen-bond donors (Lipinski definition) is 0. The minimum Gasteiger partial charge on any atom is -0.303 e. The van der Waals surface area contributed by atoms with Crippen molar-refractivity contribution in [2.45, 2.75) is 19.8 Å². The van der Waals surface area contributed by atoms with Crippen LogP contribution in [0.3, 0.4) is 0 Å². The molecule has 0 aliphatic carbocycles. The fraction of sp³-hybridized carbons (Fsp3) is 0.214. The monoisotopic (exact) mass is 226 g/mol. The maximum absolute atomic E-state index is 10.3. The largest absolute Gasteiger partial charge is 0.303 e. The molecule has 0 aliphatic rings. The second kappa shape index (κ2) is 5.34. The number of carbonyl (C=O) groups excluding carboxylic acids is 1. The first-order valence-electron chi connectivity index (χ1n) is 5.61. The fourth-order valence-corrected chi connectivity index (χ4v) is 1.67. The van der Waals surface area contributed by atoms with Crippen LogP contribution in [0.1, 0.15) is 17.5 Å². The quantitative estimate of drug-likeness (QED) is 0.752. The van der Waals surface area contributed by atoms with E-state index in [4.69, 9.17) is 0 Å². The normalized spacial score (nSPS) is 10.2. The summed E-state index contributed by atoms with van der Waals surface area (Å²) in [4.78, 5) is 19.0. The van der Waals surface area contributed by atoms with Gasteiger partial charge in [-0.25, -0.2) is 0 Å². The Kier molecular flexibility index (Phi) is 3.60. The Labute approximate surface area is 101 Å². The van der Waals surface area contributed by atoms with Gasteiger partial charge in [-0.3, -0.25) is 9.97 Å². The molecular weight excluding hydrogens is 212 g/mol. The molecule has 0 saturated heterocycles. The summed E-state index contributed by atoms with van der Waals surface area (Å²) in [5.74, 6) is 0. The number of aromatic nitrogens is 2. The highest BCUT2D eigenvalue weighted by molar-refractivity contribution is 5.56. The van der Waals surface area contributed by atoms with Gasteiger partial charge >= 0.3 is 0 Å². The van der Waals surface area contributed by atoms with E-state index in [0.29, 0.717) is 6.42 Å². The van der Waals surface area contributed by atoms with Gasteiger partial charge in [0, 0.05) is 18.8 Å². The average molecular weight is 226 g/mol. The van der Waals surface area contributed by atoms with Crippen LogP contribution in [-0.4, -0.2) is 16.3 Å². The van der Waals surface area contributed by atoms with Gasteiger partial charge < -0.3 is 4.79 Å². The van der Waals surface area contributed by atoms with Crippen LogP contribution in [0.25, 0.3) is 11.4 Å². The second-order valence-electron chi connectivity index (χ2n) is 3.97. The molecule has 2 heterocycles. The molecule has 0 atom stereocenters. The van der Waals surface area contributed by atoms with Gasteiger partial charge in [0.1, 0.15) is 6.29 Å². The van der Waals surface area contributed by atoms with Crippen molar-refractivity contribution in [3.05, 3.63) is 47.8 Å². The number of aldehydes is 1. The summed E-state index contributed by atoms with van der Waals surface area (Å²) in [6, 6.07) is 7.89. The number of rotatable bonds is 4. The van der Waals surface area contributed by atoms with Crippen molar-refractivity contribution in [2.75, 3.05) is 0 Å². The molecule has 2 rings (SSSR count). The van der Waals surface area contributed by atoms with E-state index in [2.05, 4.69) is 9.97 Å². The number of pyridine rings is 2. The van der Waals surface area contributed by atoms with Crippen LogP contribution in [0.5, 0.6) is 0 Å². The Bertz CT molecular complexity index is 523. The molecule has 0 spiro atoms. The van der Waals surface area contributed by atoms with Crippen molar-refractivity contribution in [1.29, 1.82) is 0 Å². The smallest absolute Gasteiger partial charge is 0.120 e. The van der Waals surface area contributed by atoms with Gasteiger partial charge in [-0.15, -0.1) is 0 Å². The van der Waals surface area contributed by atoms with Gasteiger partial charge in [0.15, 0.2) is 0 Å². The Balaban J connectivity index is 2.29. The van der Waals surface area contributed by atoms with E-state index in [1.54, 1.807) is 12.4 Å². The highest BCUT2D eigenvalue weighted by Gasteiger charge is 2.02. The predicted octanol–water partition coefficient (Wildman–Crippen LogP) is 2.58. The van der Waals surface area contributed by atoms with Crippen LogP contribution in [0, 0.1) is 6.92 Å². The predicted molar refractivity (Wildman–Crippen MR) is 66.6 cm³/mol. The molecule has 0 unspecified atom stereocenters. The molecule has 2 aromatic rings. The summed E-state index contributed by atoms with van der Waals surface area (Å²) in [7, 11) is 0. The van der Waals surface area contributed by atoms with Crippen molar-refractivity contribution in [3.8, 4) is 11.4 Å². The van der Waals surface area contributed by atoms with Gasteiger partial charge in [-0.05, 0) is 48.7 Å². The number of hydrogen-bond acceptors (Lipinski definition) is 3. The molecular formula is C14H14N2O. The first kappa shape index (κ1) is 11.5. The molecule has 0 aliphatic heterocycles. The van der Waals surface area contributed by atoms with Gasteiger partial charge in [0.2, 0.25) is 0 Å². The lowest BCUT2D eigenvalue weighted by Crippen LogP contribution is -1.92. The number of nitrogens with zero attached hydrogens (tertiary/aromatic N) is 2. The lowest BCUT2D eigenvalue weighted by molar-refractivity contribution is -0.107. The number of carbonyl (C=O) groups is 1. The van der Waals surface area contributed by atoms with Gasteiger partial charge in [-0.2, -0.15) is 0 Å². The molecule has 0 fully saturated rings. The first-order valence-corrected chi connectivity index (χ1v) is 5.61. The molecule has 17 heavy (non-hydrogen) atoms. The molecule has 0 radical (unpaired) electrons. The van der Waals surface area contributed by atoms with E-state index < -0.39 is 0 Å². The highest BCUT2D eigenvalue weighted by Crippen LogP contribution is 2.16. The first-order chi connectivity index (χ1) is 8.29. The molecule has 2 aromatic heterocycles. The van der Waals surface area contributed by atoms with Crippen LogP contribution in [0.4, 0.5) is 0 Å². The van der Waals surface area contributed by atoms with Gasteiger partial charge in [0.05, 0.1) is 11.4 Å². The van der Waals surface area contributed by atoms with Crippen molar-refractivity contribution in [1.82, 2.24) is 9.97 Å². The summed E-state index contributed by atoms with van der Waals surface area (Å²) in [5.41, 5.74) is 4.01. The van der Waals surface area contributed by atoms with E-state index >= 15 is 0 Å². The van der Waals surface area contributed by atoms with Gasteiger partial charge in [-0.1, -0.05) is 0 Å². The maximum Gasteiger partial charge on any atom is 0.120 e. The van der Waals surface area contributed by atoms with Crippen molar-refractivity contribution >= 4 is 6.29 Å². The van der Waals surface area contributed by atoms with E-state index in [1.165, 1.54) is 0 Å². The SMILES string of the molecule is Cc1ccnc(-c2cc(CCC=O)ccn2)c1. The number of aryl methyl sites for hydroxylation is 2. The zero-order valence-electron chi connectivity index (χ0n) is 9.76. The van der Waals surface area contributed by atoms with Crippen molar-refractivity contribution in [2.24, 2.45) is 0 Å². The lowest BCUT2D eigenvalue weighted by Gasteiger charge is -2.03. The summed E-state index contributed by atoms with van der Waals surface area (Å²) in [6.45, 7) is 2.03. The molecule has 0 N–H and O–H groups in total. The zero-order valence-corrected chi connectivity index (χ0v) is 9.76.